The SMILES string of the molecule is O=C(/C=C\C=C/C(=O)O[NH2+]Cc1cccc2ccccc12)O[NH2+]Cc1cccc2ccccc12. The van der Waals surface area contributed by atoms with Gasteiger partial charge in [0.15, 0.2) is 0 Å². The largest absolute Gasteiger partial charge is 0.390 e. The number of nitrogens with two attached hydrogens (primary N) is 2. The van der Waals surface area contributed by atoms with Gasteiger partial charge in [-0.05, 0) is 21.5 Å². The Morgan fingerprint density at radius 1 is 0.588 bits per heavy atom. The monoisotopic (exact) mass is 454 g/mol. The van der Waals surface area contributed by atoms with Gasteiger partial charge in [0.25, 0.3) is 0 Å². The molecule has 6 nitrogen and oxygen atoms in total. The molecule has 0 fully saturated rings. The maximum atomic E-state index is 11.9. The fraction of sp³-hybridized carbons (Fsp3) is 0.0714. The zero-order chi connectivity index (χ0) is 23.6. The Kier molecular flexibility index (Phi) is 7.79. The second-order valence-electron chi connectivity index (χ2n) is 7.61. The highest BCUT2D eigenvalue weighted by Gasteiger charge is 2.06. The van der Waals surface area contributed by atoms with Crippen molar-refractivity contribution >= 4 is 33.5 Å². The first-order chi connectivity index (χ1) is 16.7. The number of quaternary nitrogens is 2. The molecular weight excluding hydrogens is 428 g/mol. The Bertz CT molecular complexity index is 1250. The van der Waals surface area contributed by atoms with Crippen LogP contribution in [0.25, 0.3) is 21.5 Å². The minimum atomic E-state index is -0.513. The highest BCUT2D eigenvalue weighted by Crippen LogP contribution is 2.18. The van der Waals surface area contributed by atoms with Gasteiger partial charge in [-0.2, -0.15) is 11.0 Å². The Labute approximate surface area is 197 Å². The zero-order valence-corrected chi connectivity index (χ0v) is 18.6. The number of hydroxylamine groups is 2. The molecule has 0 spiro atoms. The average Bonchev–Trinajstić information content (AvgIpc) is 2.87. The Morgan fingerprint density at radius 2 is 1.00 bits per heavy atom. The molecule has 0 aliphatic rings. The summed E-state index contributed by atoms with van der Waals surface area (Å²) in [6, 6.07) is 28.2. The van der Waals surface area contributed by atoms with Crippen molar-refractivity contribution in [2.75, 3.05) is 0 Å². The summed E-state index contributed by atoms with van der Waals surface area (Å²) in [5.74, 6) is -1.03. The van der Waals surface area contributed by atoms with Crippen LogP contribution in [0.3, 0.4) is 0 Å². The van der Waals surface area contributed by atoms with Crippen molar-refractivity contribution < 1.29 is 30.2 Å². The summed E-state index contributed by atoms with van der Waals surface area (Å²) in [5, 5.41) is 4.55. The van der Waals surface area contributed by atoms with Gasteiger partial charge in [0.2, 0.25) is 0 Å². The van der Waals surface area contributed by atoms with E-state index in [2.05, 4.69) is 0 Å². The molecule has 0 aromatic heterocycles. The van der Waals surface area contributed by atoms with Crippen molar-refractivity contribution in [3.63, 3.8) is 0 Å². The van der Waals surface area contributed by atoms with E-state index < -0.39 is 11.9 Å². The van der Waals surface area contributed by atoms with Gasteiger partial charge in [-0.15, -0.1) is 0 Å². The minimum absolute atomic E-state index is 0.510. The van der Waals surface area contributed by atoms with E-state index in [0.717, 1.165) is 32.7 Å². The molecule has 0 atom stereocenters. The molecule has 0 aliphatic heterocycles. The Morgan fingerprint density at radius 3 is 1.47 bits per heavy atom. The molecule has 0 aliphatic carbocycles. The van der Waals surface area contributed by atoms with E-state index in [1.165, 1.54) is 35.3 Å². The first-order valence-corrected chi connectivity index (χ1v) is 11.0. The molecule has 0 heterocycles. The summed E-state index contributed by atoms with van der Waals surface area (Å²) >= 11 is 0. The number of carbonyl (C=O) groups is 2. The number of rotatable bonds is 9. The van der Waals surface area contributed by atoms with Crippen molar-refractivity contribution in [3.05, 3.63) is 120 Å². The molecule has 4 rings (SSSR count). The molecule has 4 N–H and O–H groups in total. The van der Waals surface area contributed by atoms with Gasteiger partial charge in [0.1, 0.15) is 13.1 Å². The lowest BCUT2D eigenvalue weighted by molar-refractivity contribution is -0.884. The van der Waals surface area contributed by atoms with Crippen molar-refractivity contribution in [1.29, 1.82) is 0 Å². The third kappa shape index (κ3) is 6.16. The van der Waals surface area contributed by atoms with Gasteiger partial charge in [0.05, 0.1) is 0 Å². The van der Waals surface area contributed by atoms with Gasteiger partial charge in [-0.3, -0.25) is 9.68 Å². The van der Waals surface area contributed by atoms with Gasteiger partial charge >= 0.3 is 11.9 Å². The molecule has 0 amide bonds. The van der Waals surface area contributed by atoms with E-state index in [9.17, 15) is 9.59 Å². The van der Waals surface area contributed by atoms with Gasteiger partial charge in [-0.25, -0.2) is 9.59 Å². The van der Waals surface area contributed by atoms with Gasteiger partial charge < -0.3 is 0 Å². The van der Waals surface area contributed by atoms with Gasteiger partial charge in [-0.1, -0.05) is 97.1 Å². The summed E-state index contributed by atoms with van der Waals surface area (Å²) in [6.45, 7) is 1.02. The van der Waals surface area contributed by atoms with E-state index in [-0.39, 0.29) is 0 Å². The lowest BCUT2D eigenvalue weighted by Crippen LogP contribution is -2.82. The smallest absolute Gasteiger partial charge is 0.275 e. The summed E-state index contributed by atoms with van der Waals surface area (Å²) in [7, 11) is 0. The second-order valence-corrected chi connectivity index (χ2v) is 7.61. The fourth-order valence-electron chi connectivity index (χ4n) is 3.71. The molecule has 0 saturated carbocycles. The number of allylic oxidation sites excluding steroid dienone is 2. The summed E-state index contributed by atoms with van der Waals surface area (Å²) in [5.41, 5.74) is 5.12. The van der Waals surface area contributed by atoms with E-state index in [1.54, 1.807) is 0 Å². The zero-order valence-electron chi connectivity index (χ0n) is 18.6. The van der Waals surface area contributed by atoms with Gasteiger partial charge in [0, 0.05) is 23.3 Å². The lowest BCUT2D eigenvalue weighted by atomic mass is 10.1. The van der Waals surface area contributed by atoms with E-state index >= 15 is 0 Å². The molecule has 170 valence electrons. The van der Waals surface area contributed by atoms with Crippen LogP contribution in [0, 0.1) is 0 Å². The van der Waals surface area contributed by atoms with Crippen molar-refractivity contribution in [3.8, 4) is 0 Å². The van der Waals surface area contributed by atoms with Crippen LogP contribution < -0.4 is 11.0 Å². The van der Waals surface area contributed by atoms with Crippen LogP contribution >= 0.6 is 0 Å². The van der Waals surface area contributed by atoms with Crippen LogP contribution in [0.1, 0.15) is 11.1 Å². The van der Waals surface area contributed by atoms with Crippen molar-refractivity contribution in [2.45, 2.75) is 13.1 Å². The van der Waals surface area contributed by atoms with Crippen LogP contribution in [0.5, 0.6) is 0 Å². The second kappa shape index (κ2) is 11.6. The third-order valence-electron chi connectivity index (χ3n) is 5.34. The summed E-state index contributed by atoms with van der Waals surface area (Å²) < 4.78 is 0. The number of hydrogen-bond acceptors (Lipinski definition) is 4. The minimum Gasteiger partial charge on any atom is -0.275 e. The normalized spacial score (nSPS) is 11.4. The molecule has 0 radical (unpaired) electrons. The van der Waals surface area contributed by atoms with Crippen molar-refractivity contribution in [1.82, 2.24) is 0 Å². The quantitative estimate of drug-likeness (QED) is 0.231. The summed E-state index contributed by atoms with van der Waals surface area (Å²) in [4.78, 5) is 34.1. The molecule has 4 aromatic rings. The molecular formula is C28H26N2O4+2. The highest BCUT2D eigenvalue weighted by atomic mass is 16.7. The highest BCUT2D eigenvalue weighted by molar-refractivity contribution is 5.86. The van der Waals surface area contributed by atoms with Crippen LogP contribution in [0.4, 0.5) is 0 Å². The third-order valence-corrected chi connectivity index (χ3v) is 5.34. The van der Waals surface area contributed by atoms with Crippen molar-refractivity contribution in [2.24, 2.45) is 0 Å². The first-order valence-electron chi connectivity index (χ1n) is 11.0. The maximum absolute atomic E-state index is 11.9. The van der Waals surface area contributed by atoms with Crippen LogP contribution in [-0.4, -0.2) is 11.9 Å². The molecule has 0 saturated heterocycles. The van der Waals surface area contributed by atoms with E-state index in [1.807, 2.05) is 84.9 Å². The fourth-order valence-corrected chi connectivity index (χ4v) is 3.71. The first kappa shape index (κ1) is 22.9. The number of fused-ring (bicyclic) bond motifs is 2. The molecule has 6 heteroatoms. The standard InChI is InChI=1S/C28H24N2O4/c31-27(33-29-19-23-13-7-11-21-9-1-3-15-25(21)23)17-5-6-18-28(32)34-30-20-24-14-8-12-22-10-2-4-16-26(22)24/h1-18,29-30H,19-20H2/p+2/b17-5-,18-6-. The topological polar surface area (TPSA) is 85.8 Å². The molecule has 0 unspecified atom stereocenters. The number of hydrogen-bond donors (Lipinski definition) is 2. The predicted octanol–water partition coefficient (Wildman–Crippen LogP) is 2.85. The number of benzene rings is 4. The number of carbonyl (C=O) groups excluding carboxylic acids is 2. The molecule has 0 bridgehead atoms. The predicted molar refractivity (Wildman–Crippen MR) is 130 cm³/mol. The van der Waals surface area contributed by atoms with E-state index in [0.29, 0.717) is 13.1 Å². The van der Waals surface area contributed by atoms with Crippen LogP contribution in [-0.2, 0) is 32.4 Å². The Balaban J connectivity index is 1.17. The summed E-state index contributed by atoms with van der Waals surface area (Å²) in [6.07, 6.45) is 5.40. The van der Waals surface area contributed by atoms with Crippen LogP contribution in [0.2, 0.25) is 0 Å². The molecule has 4 aromatic carbocycles. The van der Waals surface area contributed by atoms with Crippen LogP contribution in [0.15, 0.2) is 109 Å². The molecule has 34 heavy (non-hydrogen) atoms. The Hall–Kier alpha value is -4.26. The maximum Gasteiger partial charge on any atom is 0.390 e. The van der Waals surface area contributed by atoms with E-state index in [4.69, 9.17) is 9.68 Å². The lowest BCUT2D eigenvalue weighted by Gasteiger charge is -2.04. The average molecular weight is 455 g/mol.